The van der Waals surface area contributed by atoms with Gasteiger partial charge in [-0.15, -0.1) is 0 Å². The lowest BCUT2D eigenvalue weighted by atomic mass is 10.1. The number of aryl methyl sites for hydroxylation is 2. The van der Waals surface area contributed by atoms with E-state index >= 15 is 0 Å². The largest absolute Gasteiger partial charge is 0.483 e. The molecule has 0 heterocycles. The third-order valence-corrected chi connectivity index (χ3v) is 2.01. The molecule has 0 atom stereocenters. The molecule has 1 aromatic rings. The maximum Gasteiger partial charge on any atom is 0.270 e. The summed E-state index contributed by atoms with van der Waals surface area (Å²) in [5, 5.41) is 10.6. The first-order valence-corrected chi connectivity index (χ1v) is 4.58. The molecule has 0 aliphatic rings. The van der Waals surface area contributed by atoms with Crippen LogP contribution in [0.15, 0.2) is 12.1 Å². The average molecular weight is 224 g/mol. The number of benzene rings is 1. The van der Waals surface area contributed by atoms with Gasteiger partial charge in [-0.25, -0.2) is 0 Å². The van der Waals surface area contributed by atoms with Crippen molar-refractivity contribution < 1.29 is 14.5 Å². The number of carbonyl (C=O) groups is 1. The van der Waals surface area contributed by atoms with Crippen molar-refractivity contribution in [2.24, 2.45) is 5.73 Å². The fraction of sp³-hybridized carbons (Fsp3) is 0.300. The van der Waals surface area contributed by atoms with Crippen LogP contribution >= 0.6 is 0 Å². The summed E-state index contributed by atoms with van der Waals surface area (Å²) in [5.74, 6) is -0.124. The maximum atomic E-state index is 10.6. The van der Waals surface area contributed by atoms with Gasteiger partial charge in [-0.3, -0.25) is 14.9 Å². The molecule has 0 aromatic heterocycles. The van der Waals surface area contributed by atoms with Gasteiger partial charge in [-0.1, -0.05) is 0 Å². The summed E-state index contributed by atoms with van der Waals surface area (Å²) in [4.78, 5) is 20.7. The summed E-state index contributed by atoms with van der Waals surface area (Å²) in [5.41, 5.74) is 6.16. The molecule has 0 saturated heterocycles. The zero-order chi connectivity index (χ0) is 12.3. The van der Waals surface area contributed by atoms with E-state index in [0.717, 1.165) is 0 Å². The fourth-order valence-corrected chi connectivity index (χ4v) is 1.40. The van der Waals surface area contributed by atoms with Crippen LogP contribution in [-0.4, -0.2) is 17.4 Å². The van der Waals surface area contributed by atoms with Crippen LogP contribution in [0.5, 0.6) is 5.75 Å². The molecule has 1 rings (SSSR count). The summed E-state index contributed by atoms with van der Waals surface area (Å²) in [6.45, 7) is 3.12. The molecule has 0 aliphatic heterocycles. The number of non-ortho nitro benzene ring substituents is 1. The SMILES string of the molecule is Cc1cc([N+](=O)[O-])cc(C)c1OCC(N)=O. The van der Waals surface area contributed by atoms with Crippen LogP contribution in [0, 0.1) is 24.0 Å². The molecule has 0 radical (unpaired) electrons. The van der Waals surface area contributed by atoms with Gasteiger partial charge in [0, 0.05) is 12.1 Å². The molecule has 0 bridgehead atoms. The van der Waals surface area contributed by atoms with E-state index in [1.54, 1.807) is 13.8 Å². The van der Waals surface area contributed by atoms with Gasteiger partial charge in [0.2, 0.25) is 0 Å². The van der Waals surface area contributed by atoms with Gasteiger partial charge >= 0.3 is 0 Å². The molecular weight excluding hydrogens is 212 g/mol. The van der Waals surface area contributed by atoms with Crippen LogP contribution in [0.4, 0.5) is 5.69 Å². The van der Waals surface area contributed by atoms with Crippen molar-refractivity contribution in [3.63, 3.8) is 0 Å². The molecule has 0 unspecified atom stereocenters. The summed E-state index contributed by atoms with van der Waals surface area (Å²) < 4.78 is 5.17. The zero-order valence-corrected chi connectivity index (χ0v) is 9.02. The van der Waals surface area contributed by atoms with E-state index in [1.807, 2.05) is 0 Å². The van der Waals surface area contributed by atoms with E-state index in [0.29, 0.717) is 16.9 Å². The van der Waals surface area contributed by atoms with Gasteiger partial charge < -0.3 is 10.5 Å². The number of nitro benzene ring substituents is 1. The standard InChI is InChI=1S/C10H12N2O4/c1-6-3-8(12(14)15)4-7(2)10(6)16-5-9(11)13/h3-4H,5H2,1-2H3,(H2,11,13). The summed E-state index contributed by atoms with van der Waals surface area (Å²) >= 11 is 0. The molecule has 0 aliphatic carbocycles. The Morgan fingerprint density at radius 3 is 2.31 bits per heavy atom. The van der Waals surface area contributed by atoms with Crippen molar-refractivity contribution >= 4 is 11.6 Å². The molecular formula is C10H12N2O4. The minimum absolute atomic E-state index is 0.00132. The van der Waals surface area contributed by atoms with Gasteiger partial charge in [0.25, 0.3) is 11.6 Å². The predicted octanol–water partition coefficient (Wildman–Crippen LogP) is 1.08. The van der Waals surface area contributed by atoms with Gasteiger partial charge in [-0.2, -0.15) is 0 Å². The van der Waals surface area contributed by atoms with Crippen LogP contribution in [0.3, 0.4) is 0 Å². The van der Waals surface area contributed by atoms with E-state index in [9.17, 15) is 14.9 Å². The molecule has 1 aromatic carbocycles. The second-order valence-corrected chi connectivity index (χ2v) is 3.42. The van der Waals surface area contributed by atoms with Crippen LogP contribution in [0.25, 0.3) is 0 Å². The van der Waals surface area contributed by atoms with Crippen molar-refractivity contribution in [1.29, 1.82) is 0 Å². The number of rotatable bonds is 4. The fourth-order valence-electron chi connectivity index (χ4n) is 1.40. The third-order valence-electron chi connectivity index (χ3n) is 2.01. The number of hydrogen-bond donors (Lipinski definition) is 1. The number of nitrogens with zero attached hydrogens (tertiary/aromatic N) is 1. The predicted molar refractivity (Wildman–Crippen MR) is 57.3 cm³/mol. The number of carbonyl (C=O) groups excluding carboxylic acids is 1. The second-order valence-electron chi connectivity index (χ2n) is 3.42. The number of amides is 1. The van der Waals surface area contributed by atoms with Crippen LogP contribution in [0.2, 0.25) is 0 Å². The van der Waals surface area contributed by atoms with E-state index in [-0.39, 0.29) is 12.3 Å². The Bertz CT molecular complexity index is 419. The van der Waals surface area contributed by atoms with Gasteiger partial charge in [0.05, 0.1) is 4.92 Å². The van der Waals surface area contributed by atoms with E-state index in [4.69, 9.17) is 10.5 Å². The molecule has 0 saturated carbocycles. The topological polar surface area (TPSA) is 95.5 Å². The Balaban J connectivity index is 3.03. The quantitative estimate of drug-likeness (QED) is 0.611. The minimum atomic E-state index is -0.586. The maximum absolute atomic E-state index is 10.6. The molecule has 1 amide bonds. The highest BCUT2D eigenvalue weighted by Crippen LogP contribution is 2.28. The van der Waals surface area contributed by atoms with Crippen LogP contribution in [0.1, 0.15) is 11.1 Å². The number of primary amides is 1. The molecule has 6 heteroatoms. The summed E-state index contributed by atoms with van der Waals surface area (Å²) in [6.07, 6.45) is 0. The second kappa shape index (κ2) is 4.61. The number of ether oxygens (including phenoxy) is 1. The Kier molecular flexibility index (Phi) is 3.44. The van der Waals surface area contributed by atoms with Crippen LogP contribution in [-0.2, 0) is 4.79 Å². The Morgan fingerprint density at radius 2 is 1.94 bits per heavy atom. The van der Waals surface area contributed by atoms with Gasteiger partial charge in [-0.05, 0) is 25.0 Å². The Hall–Kier alpha value is -2.11. The van der Waals surface area contributed by atoms with E-state index in [1.165, 1.54) is 12.1 Å². The van der Waals surface area contributed by atoms with Crippen molar-refractivity contribution in [2.45, 2.75) is 13.8 Å². The van der Waals surface area contributed by atoms with Gasteiger partial charge in [0.1, 0.15) is 5.75 Å². The smallest absolute Gasteiger partial charge is 0.270 e. The molecule has 6 nitrogen and oxygen atoms in total. The lowest BCUT2D eigenvalue weighted by molar-refractivity contribution is -0.385. The Labute approximate surface area is 92.2 Å². The van der Waals surface area contributed by atoms with Crippen molar-refractivity contribution in [2.75, 3.05) is 6.61 Å². The minimum Gasteiger partial charge on any atom is -0.483 e. The molecule has 0 fully saturated rings. The highest BCUT2D eigenvalue weighted by molar-refractivity contribution is 5.75. The van der Waals surface area contributed by atoms with Crippen molar-refractivity contribution in [3.05, 3.63) is 33.4 Å². The first-order valence-electron chi connectivity index (χ1n) is 4.58. The van der Waals surface area contributed by atoms with E-state index < -0.39 is 10.8 Å². The average Bonchev–Trinajstić information content (AvgIpc) is 2.15. The van der Waals surface area contributed by atoms with E-state index in [2.05, 4.69) is 0 Å². The van der Waals surface area contributed by atoms with Crippen molar-refractivity contribution in [1.82, 2.24) is 0 Å². The molecule has 16 heavy (non-hydrogen) atoms. The van der Waals surface area contributed by atoms with Crippen molar-refractivity contribution in [3.8, 4) is 5.75 Å². The highest BCUT2D eigenvalue weighted by atomic mass is 16.6. The van der Waals surface area contributed by atoms with Crippen LogP contribution < -0.4 is 10.5 Å². The summed E-state index contributed by atoms with van der Waals surface area (Å²) in [7, 11) is 0. The van der Waals surface area contributed by atoms with Gasteiger partial charge in [0.15, 0.2) is 6.61 Å². The molecule has 2 N–H and O–H groups in total. The zero-order valence-electron chi connectivity index (χ0n) is 9.02. The molecule has 86 valence electrons. The molecule has 0 spiro atoms. The first-order chi connectivity index (χ1) is 7.41. The highest BCUT2D eigenvalue weighted by Gasteiger charge is 2.13. The number of nitrogens with two attached hydrogens (primary N) is 1. The summed E-state index contributed by atoms with van der Waals surface area (Å²) in [6, 6.07) is 2.78. The lowest BCUT2D eigenvalue weighted by Crippen LogP contribution is -2.20. The lowest BCUT2D eigenvalue weighted by Gasteiger charge is -2.10. The number of nitro groups is 1. The monoisotopic (exact) mass is 224 g/mol. The first kappa shape index (κ1) is 12.0. The normalized spacial score (nSPS) is 9.88. The Morgan fingerprint density at radius 1 is 1.44 bits per heavy atom. The number of hydrogen-bond acceptors (Lipinski definition) is 4. The third kappa shape index (κ3) is 2.69.